The van der Waals surface area contributed by atoms with Gasteiger partial charge < -0.3 is 10.1 Å². The Hall–Kier alpha value is -2.06. The highest BCUT2D eigenvalue weighted by atomic mass is 16.5. The van der Waals surface area contributed by atoms with E-state index in [0.29, 0.717) is 12.6 Å². The summed E-state index contributed by atoms with van der Waals surface area (Å²) in [4.78, 5) is 0. The molecule has 2 aromatic carbocycles. The second-order valence-electron chi connectivity index (χ2n) is 6.34. The highest BCUT2D eigenvalue weighted by molar-refractivity contribution is 5.30. The first kappa shape index (κ1) is 15.8. The van der Waals surface area contributed by atoms with Gasteiger partial charge in [0, 0.05) is 6.04 Å². The largest absolute Gasteiger partial charge is 0.489 e. The van der Waals surface area contributed by atoms with Gasteiger partial charge >= 0.3 is 0 Å². The standard InChI is InChI=1S/C21H25NO/c1-16-12-13-22-21(17(16)2)14-18-8-10-20(11-9-18)23-15-19-6-4-3-5-7-19/h3-11,21-22H,12-15H2,1-2H3. The maximum Gasteiger partial charge on any atom is 0.119 e. The van der Waals surface area contributed by atoms with Crippen LogP contribution in [0.15, 0.2) is 65.7 Å². The van der Waals surface area contributed by atoms with Crippen LogP contribution >= 0.6 is 0 Å². The molecule has 1 N–H and O–H groups in total. The lowest BCUT2D eigenvalue weighted by atomic mass is 9.92. The molecule has 0 spiro atoms. The zero-order valence-corrected chi connectivity index (χ0v) is 14.0. The molecule has 0 bridgehead atoms. The molecule has 1 atom stereocenters. The molecule has 120 valence electrons. The molecule has 1 aliphatic rings. The van der Waals surface area contributed by atoms with Gasteiger partial charge in [-0.1, -0.05) is 53.6 Å². The Balaban J connectivity index is 1.58. The van der Waals surface area contributed by atoms with Gasteiger partial charge in [0.15, 0.2) is 0 Å². The van der Waals surface area contributed by atoms with Gasteiger partial charge in [0.1, 0.15) is 12.4 Å². The lowest BCUT2D eigenvalue weighted by molar-refractivity contribution is 0.306. The SMILES string of the molecule is CC1=C(C)C(Cc2ccc(OCc3ccccc3)cc2)NCC1. The Morgan fingerprint density at radius 2 is 1.70 bits per heavy atom. The molecule has 23 heavy (non-hydrogen) atoms. The van der Waals surface area contributed by atoms with E-state index >= 15 is 0 Å². The molecule has 0 saturated carbocycles. The van der Waals surface area contributed by atoms with Gasteiger partial charge in [-0.05, 0) is 56.5 Å². The van der Waals surface area contributed by atoms with Gasteiger partial charge in [0.2, 0.25) is 0 Å². The quantitative estimate of drug-likeness (QED) is 0.821. The number of nitrogens with one attached hydrogen (secondary N) is 1. The van der Waals surface area contributed by atoms with E-state index in [0.717, 1.165) is 18.7 Å². The van der Waals surface area contributed by atoms with E-state index in [4.69, 9.17) is 4.74 Å². The lowest BCUT2D eigenvalue weighted by Crippen LogP contribution is -2.37. The Kier molecular flexibility index (Phi) is 5.14. The van der Waals surface area contributed by atoms with Crippen molar-refractivity contribution in [1.82, 2.24) is 5.32 Å². The van der Waals surface area contributed by atoms with Crippen molar-refractivity contribution in [3.8, 4) is 5.75 Å². The van der Waals surface area contributed by atoms with E-state index in [-0.39, 0.29) is 0 Å². The molecule has 2 heteroatoms. The van der Waals surface area contributed by atoms with Crippen LogP contribution in [-0.2, 0) is 13.0 Å². The predicted molar refractivity (Wildman–Crippen MR) is 95.7 cm³/mol. The molecule has 1 unspecified atom stereocenters. The number of benzene rings is 2. The van der Waals surface area contributed by atoms with Crippen LogP contribution in [-0.4, -0.2) is 12.6 Å². The maximum absolute atomic E-state index is 5.85. The fourth-order valence-corrected chi connectivity index (χ4v) is 3.01. The summed E-state index contributed by atoms with van der Waals surface area (Å²) in [5, 5.41) is 3.62. The maximum atomic E-state index is 5.85. The van der Waals surface area contributed by atoms with Crippen molar-refractivity contribution in [3.05, 3.63) is 76.9 Å². The van der Waals surface area contributed by atoms with Crippen LogP contribution in [0.2, 0.25) is 0 Å². The van der Waals surface area contributed by atoms with Gasteiger partial charge in [0.05, 0.1) is 0 Å². The molecule has 0 radical (unpaired) electrons. The van der Waals surface area contributed by atoms with Crippen LogP contribution in [0.3, 0.4) is 0 Å². The number of hydrogen-bond donors (Lipinski definition) is 1. The summed E-state index contributed by atoms with van der Waals surface area (Å²) >= 11 is 0. The van der Waals surface area contributed by atoms with Crippen molar-refractivity contribution in [3.63, 3.8) is 0 Å². The van der Waals surface area contributed by atoms with Gasteiger partial charge in [-0.25, -0.2) is 0 Å². The van der Waals surface area contributed by atoms with Gasteiger partial charge in [-0.15, -0.1) is 0 Å². The fourth-order valence-electron chi connectivity index (χ4n) is 3.01. The van der Waals surface area contributed by atoms with Crippen LogP contribution < -0.4 is 10.1 Å². The monoisotopic (exact) mass is 307 g/mol. The van der Waals surface area contributed by atoms with Crippen molar-refractivity contribution >= 4 is 0 Å². The Labute approximate surface area is 139 Å². The zero-order chi connectivity index (χ0) is 16.1. The summed E-state index contributed by atoms with van der Waals surface area (Å²) in [5.74, 6) is 0.928. The summed E-state index contributed by atoms with van der Waals surface area (Å²) in [5.41, 5.74) is 5.58. The number of rotatable bonds is 5. The topological polar surface area (TPSA) is 21.3 Å². The third-order valence-corrected chi connectivity index (χ3v) is 4.70. The van der Waals surface area contributed by atoms with E-state index in [9.17, 15) is 0 Å². The molecule has 0 fully saturated rings. The Morgan fingerprint density at radius 3 is 2.43 bits per heavy atom. The third kappa shape index (κ3) is 4.23. The summed E-state index contributed by atoms with van der Waals surface area (Å²) in [6.45, 7) is 6.21. The minimum Gasteiger partial charge on any atom is -0.489 e. The molecule has 2 nitrogen and oxygen atoms in total. The van der Waals surface area contributed by atoms with Crippen LogP contribution in [0.5, 0.6) is 5.75 Å². The van der Waals surface area contributed by atoms with Crippen LogP contribution in [0.4, 0.5) is 0 Å². The minimum atomic E-state index is 0.472. The first-order chi connectivity index (χ1) is 11.2. The minimum absolute atomic E-state index is 0.472. The second kappa shape index (κ2) is 7.47. The summed E-state index contributed by atoms with van der Waals surface area (Å²) in [6.07, 6.45) is 2.22. The van der Waals surface area contributed by atoms with Gasteiger partial charge in [-0.3, -0.25) is 0 Å². The van der Waals surface area contributed by atoms with Crippen molar-refractivity contribution in [2.75, 3.05) is 6.54 Å². The molecule has 0 aliphatic carbocycles. The lowest BCUT2D eigenvalue weighted by Gasteiger charge is -2.27. The first-order valence-electron chi connectivity index (χ1n) is 8.37. The van der Waals surface area contributed by atoms with Crippen LogP contribution in [0.1, 0.15) is 31.4 Å². The molecule has 3 rings (SSSR count). The Bertz CT molecular complexity index is 658. The van der Waals surface area contributed by atoms with Crippen molar-refractivity contribution < 1.29 is 4.74 Å². The molecule has 0 saturated heterocycles. The smallest absolute Gasteiger partial charge is 0.119 e. The first-order valence-corrected chi connectivity index (χ1v) is 8.37. The van der Waals surface area contributed by atoms with Crippen molar-refractivity contribution in [2.24, 2.45) is 0 Å². The number of hydrogen-bond acceptors (Lipinski definition) is 2. The molecule has 2 aromatic rings. The average Bonchev–Trinajstić information content (AvgIpc) is 2.59. The van der Waals surface area contributed by atoms with Crippen LogP contribution in [0, 0.1) is 0 Å². The molecule has 0 aromatic heterocycles. The number of ether oxygens (including phenoxy) is 1. The molecule has 1 aliphatic heterocycles. The predicted octanol–water partition coefficient (Wildman–Crippen LogP) is 4.51. The van der Waals surface area contributed by atoms with Crippen LogP contribution in [0.25, 0.3) is 0 Å². The Morgan fingerprint density at radius 1 is 0.957 bits per heavy atom. The molecular formula is C21H25NO. The van der Waals surface area contributed by atoms with E-state index in [1.807, 2.05) is 18.2 Å². The van der Waals surface area contributed by atoms with Crippen molar-refractivity contribution in [2.45, 2.75) is 39.3 Å². The highest BCUT2D eigenvalue weighted by Crippen LogP contribution is 2.21. The second-order valence-corrected chi connectivity index (χ2v) is 6.34. The highest BCUT2D eigenvalue weighted by Gasteiger charge is 2.17. The molecule has 0 amide bonds. The van der Waals surface area contributed by atoms with Crippen molar-refractivity contribution in [1.29, 1.82) is 0 Å². The summed E-state index contributed by atoms with van der Waals surface area (Å²) < 4.78 is 5.85. The molecular weight excluding hydrogens is 282 g/mol. The third-order valence-electron chi connectivity index (χ3n) is 4.70. The van der Waals surface area contributed by atoms with Gasteiger partial charge in [-0.2, -0.15) is 0 Å². The average molecular weight is 307 g/mol. The van der Waals surface area contributed by atoms with E-state index in [1.165, 1.54) is 28.7 Å². The normalized spacial score (nSPS) is 18.1. The van der Waals surface area contributed by atoms with E-state index in [2.05, 4.69) is 55.6 Å². The summed E-state index contributed by atoms with van der Waals surface area (Å²) in [7, 11) is 0. The van der Waals surface area contributed by atoms with Gasteiger partial charge in [0.25, 0.3) is 0 Å². The van der Waals surface area contributed by atoms with E-state index in [1.54, 1.807) is 0 Å². The summed E-state index contributed by atoms with van der Waals surface area (Å²) in [6, 6.07) is 19.3. The zero-order valence-electron chi connectivity index (χ0n) is 14.0. The molecule has 1 heterocycles. The van der Waals surface area contributed by atoms with E-state index < -0.39 is 0 Å². The fraction of sp³-hybridized carbons (Fsp3) is 0.333.